The highest BCUT2D eigenvalue weighted by atomic mass is 16.5. The lowest BCUT2D eigenvalue weighted by atomic mass is 9.88. The van der Waals surface area contributed by atoms with Crippen molar-refractivity contribution in [3.8, 4) is 0 Å². The van der Waals surface area contributed by atoms with Gasteiger partial charge in [-0.1, -0.05) is 19.8 Å². The predicted molar refractivity (Wildman–Crippen MR) is 87.8 cm³/mol. The van der Waals surface area contributed by atoms with Crippen LogP contribution in [0.3, 0.4) is 0 Å². The predicted octanol–water partition coefficient (Wildman–Crippen LogP) is 1.96. The van der Waals surface area contributed by atoms with Crippen LogP contribution in [-0.2, 0) is 11.8 Å². The molecule has 3 unspecified atom stereocenters. The van der Waals surface area contributed by atoms with Crippen LogP contribution in [0.2, 0.25) is 0 Å². The first-order chi connectivity index (χ1) is 10.8. The summed E-state index contributed by atoms with van der Waals surface area (Å²) in [6, 6.07) is 0.362. The second kappa shape index (κ2) is 7.57. The number of hydrogen-bond acceptors (Lipinski definition) is 4. The Morgan fingerprint density at radius 3 is 3.00 bits per heavy atom. The van der Waals surface area contributed by atoms with Crippen molar-refractivity contribution in [2.24, 2.45) is 13.0 Å². The molecule has 1 N–H and O–H groups in total. The molecule has 0 radical (unpaired) electrons. The summed E-state index contributed by atoms with van der Waals surface area (Å²) in [5.41, 5.74) is 0. The highest BCUT2D eigenvalue weighted by molar-refractivity contribution is 5.02. The van der Waals surface area contributed by atoms with Crippen molar-refractivity contribution < 1.29 is 4.74 Å². The van der Waals surface area contributed by atoms with Crippen molar-refractivity contribution in [2.45, 2.75) is 44.8 Å². The van der Waals surface area contributed by atoms with Gasteiger partial charge in [0.15, 0.2) is 0 Å². The Morgan fingerprint density at radius 1 is 1.36 bits per heavy atom. The van der Waals surface area contributed by atoms with Crippen LogP contribution >= 0.6 is 0 Å². The van der Waals surface area contributed by atoms with Crippen molar-refractivity contribution in [1.29, 1.82) is 0 Å². The zero-order valence-electron chi connectivity index (χ0n) is 14.0. The molecule has 2 heterocycles. The van der Waals surface area contributed by atoms with Crippen LogP contribution in [0.15, 0.2) is 12.4 Å². The zero-order chi connectivity index (χ0) is 15.4. The van der Waals surface area contributed by atoms with Crippen LogP contribution in [0.25, 0.3) is 0 Å². The van der Waals surface area contributed by atoms with E-state index in [1.54, 1.807) is 0 Å². The molecule has 2 aliphatic rings. The van der Waals surface area contributed by atoms with Gasteiger partial charge in [0.05, 0.1) is 18.8 Å². The van der Waals surface area contributed by atoms with Crippen molar-refractivity contribution in [3.63, 3.8) is 0 Å². The summed E-state index contributed by atoms with van der Waals surface area (Å²) in [6.07, 6.45) is 9.67. The maximum Gasteiger partial charge on any atom is 0.127 e. The molecule has 124 valence electrons. The molecule has 5 nitrogen and oxygen atoms in total. The number of piperazine rings is 1. The lowest BCUT2D eigenvalue weighted by Gasteiger charge is -2.36. The fourth-order valence-electron chi connectivity index (χ4n) is 3.82. The van der Waals surface area contributed by atoms with E-state index in [0.717, 1.165) is 44.5 Å². The van der Waals surface area contributed by atoms with Crippen LogP contribution in [-0.4, -0.2) is 53.3 Å². The Labute approximate surface area is 134 Å². The molecule has 5 heteroatoms. The lowest BCUT2D eigenvalue weighted by Crippen LogP contribution is -2.48. The first-order valence-electron chi connectivity index (χ1n) is 8.79. The van der Waals surface area contributed by atoms with E-state index in [0.29, 0.717) is 12.1 Å². The number of imidazole rings is 1. The third kappa shape index (κ3) is 3.70. The van der Waals surface area contributed by atoms with E-state index in [1.807, 2.05) is 12.4 Å². The number of hydrogen-bond donors (Lipinski definition) is 1. The first-order valence-corrected chi connectivity index (χ1v) is 8.79. The molecule has 1 aromatic heterocycles. The number of rotatable bonds is 5. The summed E-state index contributed by atoms with van der Waals surface area (Å²) in [4.78, 5) is 7.06. The summed E-state index contributed by atoms with van der Waals surface area (Å²) in [7, 11) is 2.08. The molecule has 1 saturated heterocycles. The van der Waals surface area contributed by atoms with E-state index in [1.165, 1.54) is 25.7 Å². The SMILES string of the molecule is CC1CCCCC1OCCN1CCNCC1c1nccn1C. The average Bonchev–Trinajstić information content (AvgIpc) is 2.96. The minimum atomic E-state index is 0.362. The van der Waals surface area contributed by atoms with Crippen molar-refractivity contribution in [1.82, 2.24) is 19.8 Å². The zero-order valence-corrected chi connectivity index (χ0v) is 14.0. The summed E-state index contributed by atoms with van der Waals surface area (Å²) in [5, 5.41) is 3.49. The van der Waals surface area contributed by atoms with Gasteiger partial charge in [-0.25, -0.2) is 4.98 Å². The minimum Gasteiger partial charge on any atom is -0.377 e. The Morgan fingerprint density at radius 2 is 2.23 bits per heavy atom. The summed E-state index contributed by atoms with van der Waals surface area (Å²) < 4.78 is 8.34. The number of aryl methyl sites for hydroxylation is 1. The van der Waals surface area contributed by atoms with Gasteiger partial charge in [-0.05, 0) is 18.8 Å². The lowest BCUT2D eigenvalue weighted by molar-refractivity contribution is -0.0204. The van der Waals surface area contributed by atoms with Gasteiger partial charge in [0.1, 0.15) is 5.82 Å². The standard InChI is InChI=1S/C17H30N4O/c1-14-5-3-4-6-16(14)22-12-11-21-10-7-18-13-15(21)17-19-8-9-20(17)2/h8-9,14-16,18H,3-7,10-13H2,1-2H3. The quantitative estimate of drug-likeness (QED) is 0.903. The molecule has 0 amide bonds. The summed E-state index contributed by atoms with van der Waals surface area (Å²) >= 11 is 0. The molecule has 22 heavy (non-hydrogen) atoms. The Hall–Kier alpha value is -0.910. The normalized spacial score (nSPS) is 30.5. The van der Waals surface area contributed by atoms with Crippen LogP contribution < -0.4 is 5.32 Å². The first kappa shape index (κ1) is 16.0. The molecular weight excluding hydrogens is 276 g/mol. The molecule has 2 fully saturated rings. The van der Waals surface area contributed by atoms with Gasteiger partial charge in [-0.2, -0.15) is 0 Å². The largest absolute Gasteiger partial charge is 0.377 e. The molecule has 0 aromatic carbocycles. The second-order valence-corrected chi connectivity index (χ2v) is 6.82. The fourth-order valence-corrected chi connectivity index (χ4v) is 3.82. The summed E-state index contributed by atoms with van der Waals surface area (Å²) in [6.45, 7) is 7.29. The molecule has 0 spiro atoms. The van der Waals surface area contributed by atoms with Crippen LogP contribution in [0.4, 0.5) is 0 Å². The number of nitrogens with zero attached hydrogens (tertiary/aromatic N) is 3. The highest BCUT2D eigenvalue weighted by Gasteiger charge is 2.27. The van der Waals surface area contributed by atoms with Gasteiger partial charge in [0, 0.05) is 45.6 Å². The number of ether oxygens (including phenoxy) is 1. The fraction of sp³-hybridized carbons (Fsp3) is 0.824. The maximum atomic E-state index is 6.20. The van der Waals surface area contributed by atoms with Gasteiger partial charge in [-0.3, -0.25) is 4.90 Å². The second-order valence-electron chi connectivity index (χ2n) is 6.82. The van der Waals surface area contributed by atoms with Crippen molar-refractivity contribution >= 4 is 0 Å². The average molecular weight is 306 g/mol. The Kier molecular flexibility index (Phi) is 5.50. The van der Waals surface area contributed by atoms with Crippen LogP contribution in [0, 0.1) is 5.92 Å². The van der Waals surface area contributed by atoms with E-state index in [4.69, 9.17) is 4.74 Å². The van der Waals surface area contributed by atoms with Crippen molar-refractivity contribution in [3.05, 3.63) is 18.2 Å². The van der Waals surface area contributed by atoms with Gasteiger partial charge >= 0.3 is 0 Å². The molecular formula is C17H30N4O. The molecule has 3 atom stereocenters. The van der Waals surface area contributed by atoms with Gasteiger partial charge in [0.25, 0.3) is 0 Å². The molecule has 0 bridgehead atoms. The molecule has 1 aliphatic carbocycles. The summed E-state index contributed by atoms with van der Waals surface area (Å²) in [5.74, 6) is 1.88. The number of aromatic nitrogens is 2. The van der Waals surface area contributed by atoms with Gasteiger partial charge < -0.3 is 14.6 Å². The highest BCUT2D eigenvalue weighted by Crippen LogP contribution is 2.26. The Balaban J connectivity index is 1.52. The third-order valence-electron chi connectivity index (χ3n) is 5.25. The van der Waals surface area contributed by atoms with Crippen molar-refractivity contribution in [2.75, 3.05) is 32.8 Å². The number of nitrogens with one attached hydrogen (secondary N) is 1. The van der Waals surface area contributed by atoms with Gasteiger partial charge in [0.2, 0.25) is 0 Å². The smallest absolute Gasteiger partial charge is 0.127 e. The molecule has 1 saturated carbocycles. The minimum absolute atomic E-state index is 0.362. The van der Waals surface area contributed by atoms with Crippen LogP contribution in [0.1, 0.15) is 44.5 Å². The van der Waals surface area contributed by atoms with E-state index < -0.39 is 0 Å². The van der Waals surface area contributed by atoms with E-state index >= 15 is 0 Å². The monoisotopic (exact) mass is 306 g/mol. The Bertz CT molecular complexity index is 461. The molecule has 1 aliphatic heterocycles. The van der Waals surface area contributed by atoms with Crippen LogP contribution in [0.5, 0.6) is 0 Å². The maximum absolute atomic E-state index is 6.20. The van der Waals surface area contributed by atoms with Gasteiger partial charge in [-0.15, -0.1) is 0 Å². The van der Waals surface area contributed by atoms with E-state index in [9.17, 15) is 0 Å². The molecule has 1 aromatic rings. The van der Waals surface area contributed by atoms with E-state index in [-0.39, 0.29) is 0 Å². The van der Waals surface area contributed by atoms with E-state index in [2.05, 4.69) is 33.7 Å². The topological polar surface area (TPSA) is 42.3 Å². The third-order valence-corrected chi connectivity index (χ3v) is 5.25. The molecule has 3 rings (SSSR count).